The van der Waals surface area contributed by atoms with E-state index in [1.165, 1.54) is 7.05 Å². The number of primary amides is 1. The first kappa shape index (κ1) is 28.8. The SMILES string of the molecule is CC(C)COC[C@@H](N)C(=O)NCC(=O)NCC(=O)N(C)[C@H](C(N)=O)C(C)OCC(C)C. The maximum Gasteiger partial charge on any atom is 0.242 e. The minimum Gasteiger partial charge on any atom is -0.379 e. The normalized spacial score (nSPS) is 14.1. The zero-order valence-electron chi connectivity index (χ0n) is 19.5. The quantitative estimate of drug-likeness (QED) is 0.240. The van der Waals surface area contributed by atoms with E-state index in [9.17, 15) is 19.2 Å². The van der Waals surface area contributed by atoms with Crippen LogP contribution in [0.25, 0.3) is 0 Å². The smallest absolute Gasteiger partial charge is 0.242 e. The summed E-state index contributed by atoms with van der Waals surface area (Å²) in [6, 6.07) is -1.88. The number of hydrogen-bond acceptors (Lipinski definition) is 7. The van der Waals surface area contributed by atoms with Crippen LogP contribution in [-0.4, -0.2) is 86.7 Å². The summed E-state index contributed by atoms with van der Waals surface area (Å²) in [7, 11) is 1.41. The van der Waals surface area contributed by atoms with Gasteiger partial charge in [0.15, 0.2) is 0 Å². The molecule has 3 atom stereocenters. The molecule has 0 heterocycles. The maximum absolute atomic E-state index is 12.4. The number of amides is 4. The monoisotopic (exact) mass is 445 g/mol. The van der Waals surface area contributed by atoms with E-state index in [4.69, 9.17) is 20.9 Å². The second kappa shape index (κ2) is 14.7. The molecule has 0 aromatic heterocycles. The molecule has 0 aliphatic carbocycles. The predicted octanol–water partition coefficient (Wildman–Crippen LogP) is -1.41. The van der Waals surface area contributed by atoms with E-state index in [2.05, 4.69) is 10.6 Å². The van der Waals surface area contributed by atoms with Crippen LogP contribution in [0, 0.1) is 11.8 Å². The van der Waals surface area contributed by atoms with Crippen LogP contribution in [0.5, 0.6) is 0 Å². The Morgan fingerprint density at radius 1 is 0.903 bits per heavy atom. The zero-order valence-corrected chi connectivity index (χ0v) is 19.5. The van der Waals surface area contributed by atoms with Crippen molar-refractivity contribution in [3.05, 3.63) is 0 Å². The number of nitrogens with two attached hydrogens (primary N) is 2. The van der Waals surface area contributed by atoms with Crippen molar-refractivity contribution in [2.45, 2.75) is 52.8 Å². The van der Waals surface area contributed by atoms with E-state index in [-0.39, 0.29) is 25.6 Å². The molecule has 4 amide bonds. The van der Waals surface area contributed by atoms with Crippen molar-refractivity contribution in [2.75, 3.05) is 40.0 Å². The molecule has 0 fully saturated rings. The molecule has 0 saturated carbocycles. The van der Waals surface area contributed by atoms with Gasteiger partial charge in [0.1, 0.15) is 12.1 Å². The Labute approximate surface area is 184 Å². The van der Waals surface area contributed by atoms with Crippen LogP contribution in [0.4, 0.5) is 0 Å². The first-order chi connectivity index (χ1) is 14.4. The van der Waals surface area contributed by atoms with Crippen molar-refractivity contribution in [3.63, 3.8) is 0 Å². The Kier molecular flexibility index (Phi) is 13.6. The van der Waals surface area contributed by atoms with Gasteiger partial charge in [-0.05, 0) is 18.8 Å². The minimum absolute atomic E-state index is 0.0421. The molecule has 0 spiro atoms. The summed E-state index contributed by atoms with van der Waals surface area (Å²) < 4.78 is 10.9. The van der Waals surface area contributed by atoms with Gasteiger partial charge in [0, 0.05) is 20.3 Å². The van der Waals surface area contributed by atoms with Crippen molar-refractivity contribution in [3.8, 4) is 0 Å². The molecule has 1 unspecified atom stereocenters. The maximum atomic E-state index is 12.4. The number of carbonyl (C=O) groups is 4. The summed E-state index contributed by atoms with van der Waals surface area (Å²) in [5.41, 5.74) is 11.1. The molecular formula is C20H39N5O6. The highest BCUT2D eigenvalue weighted by Crippen LogP contribution is 2.08. The molecule has 0 radical (unpaired) electrons. The van der Waals surface area contributed by atoms with E-state index in [1.54, 1.807) is 6.92 Å². The van der Waals surface area contributed by atoms with Crippen molar-refractivity contribution in [1.29, 1.82) is 0 Å². The number of nitrogens with one attached hydrogen (secondary N) is 2. The zero-order chi connectivity index (χ0) is 24.1. The second-order valence-electron chi connectivity index (χ2n) is 8.32. The van der Waals surface area contributed by atoms with Crippen LogP contribution in [0.3, 0.4) is 0 Å². The number of carbonyl (C=O) groups excluding carboxylic acids is 4. The van der Waals surface area contributed by atoms with Gasteiger partial charge >= 0.3 is 0 Å². The molecule has 11 heteroatoms. The number of likely N-dealkylation sites (N-methyl/N-ethyl adjacent to an activating group) is 1. The minimum atomic E-state index is -0.980. The summed E-state index contributed by atoms with van der Waals surface area (Å²) >= 11 is 0. The molecule has 6 N–H and O–H groups in total. The van der Waals surface area contributed by atoms with Gasteiger partial charge in [0.05, 0.1) is 25.8 Å². The van der Waals surface area contributed by atoms with Crippen LogP contribution >= 0.6 is 0 Å². The van der Waals surface area contributed by atoms with E-state index in [0.29, 0.717) is 19.1 Å². The average Bonchev–Trinajstić information content (AvgIpc) is 2.67. The molecule has 11 nitrogen and oxygen atoms in total. The fourth-order valence-electron chi connectivity index (χ4n) is 2.49. The fraction of sp³-hybridized carbons (Fsp3) is 0.800. The number of hydrogen-bond donors (Lipinski definition) is 4. The largest absolute Gasteiger partial charge is 0.379 e. The predicted molar refractivity (Wildman–Crippen MR) is 116 cm³/mol. The lowest BCUT2D eigenvalue weighted by Gasteiger charge is -2.30. The van der Waals surface area contributed by atoms with Crippen LogP contribution in [0.2, 0.25) is 0 Å². The molecule has 0 saturated heterocycles. The van der Waals surface area contributed by atoms with Crippen LogP contribution in [0.1, 0.15) is 34.6 Å². The van der Waals surface area contributed by atoms with Gasteiger partial charge in [0.2, 0.25) is 23.6 Å². The summed E-state index contributed by atoms with van der Waals surface area (Å²) in [6.45, 7) is 9.74. The first-order valence-electron chi connectivity index (χ1n) is 10.4. The van der Waals surface area contributed by atoms with Crippen LogP contribution in [-0.2, 0) is 28.7 Å². The summed E-state index contributed by atoms with van der Waals surface area (Å²) in [4.78, 5) is 49.2. The lowest BCUT2D eigenvalue weighted by molar-refractivity contribution is -0.143. The summed E-state index contributed by atoms with van der Waals surface area (Å²) in [5, 5.41) is 4.77. The molecule has 31 heavy (non-hydrogen) atoms. The van der Waals surface area contributed by atoms with Gasteiger partial charge in [-0.15, -0.1) is 0 Å². The van der Waals surface area contributed by atoms with Gasteiger partial charge in [-0.25, -0.2) is 0 Å². The number of nitrogens with zero attached hydrogens (tertiary/aromatic N) is 1. The Morgan fingerprint density at radius 3 is 2.00 bits per heavy atom. The summed E-state index contributed by atoms with van der Waals surface area (Å²) in [5.74, 6) is -1.78. The van der Waals surface area contributed by atoms with E-state index >= 15 is 0 Å². The molecular weight excluding hydrogens is 406 g/mol. The Morgan fingerprint density at radius 2 is 1.48 bits per heavy atom. The third-order valence-corrected chi connectivity index (χ3v) is 4.18. The third kappa shape index (κ3) is 12.3. The highest BCUT2D eigenvalue weighted by Gasteiger charge is 2.31. The van der Waals surface area contributed by atoms with E-state index < -0.39 is 41.8 Å². The van der Waals surface area contributed by atoms with Crippen LogP contribution < -0.4 is 22.1 Å². The molecule has 0 rings (SSSR count). The highest BCUT2D eigenvalue weighted by atomic mass is 16.5. The van der Waals surface area contributed by atoms with Crippen molar-refractivity contribution in [1.82, 2.24) is 15.5 Å². The van der Waals surface area contributed by atoms with E-state index in [1.807, 2.05) is 27.7 Å². The number of rotatable bonds is 15. The Hall–Kier alpha value is -2.24. The van der Waals surface area contributed by atoms with Crippen molar-refractivity contribution >= 4 is 23.6 Å². The van der Waals surface area contributed by atoms with E-state index in [0.717, 1.165) is 4.90 Å². The van der Waals surface area contributed by atoms with Gasteiger partial charge in [-0.3, -0.25) is 19.2 Å². The number of ether oxygens (including phenoxy) is 2. The first-order valence-corrected chi connectivity index (χ1v) is 10.4. The van der Waals surface area contributed by atoms with Gasteiger partial charge in [0.25, 0.3) is 0 Å². The molecule has 0 bridgehead atoms. The highest BCUT2D eigenvalue weighted by molar-refractivity contribution is 5.91. The molecule has 0 aliphatic heterocycles. The molecule has 0 aliphatic rings. The topological polar surface area (TPSA) is 166 Å². The van der Waals surface area contributed by atoms with Crippen molar-refractivity contribution in [2.24, 2.45) is 23.3 Å². The fourth-order valence-corrected chi connectivity index (χ4v) is 2.49. The standard InChI is InChI=1S/C20H39N5O6/c1-12(2)9-30-11-15(21)20(29)24-7-16(26)23-8-17(27)25(6)18(19(22)28)14(5)31-10-13(3)4/h12-15,18H,7-11,21H2,1-6H3,(H2,22,28)(H,23,26)(H,24,29)/t14?,15-,18+/m1/s1. The van der Waals surface area contributed by atoms with Gasteiger partial charge in [-0.1, -0.05) is 27.7 Å². The third-order valence-electron chi connectivity index (χ3n) is 4.18. The van der Waals surface area contributed by atoms with Crippen LogP contribution in [0.15, 0.2) is 0 Å². The summed E-state index contributed by atoms with van der Waals surface area (Å²) in [6.07, 6.45) is -0.608. The molecule has 0 aromatic carbocycles. The van der Waals surface area contributed by atoms with Gasteiger partial charge in [-0.2, -0.15) is 0 Å². The lowest BCUT2D eigenvalue weighted by atomic mass is 10.1. The van der Waals surface area contributed by atoms with Crippen molar-refractivity contribution < 1.29 is 28.7 Å². The average molecular weight is 446 g/mol. The Bertz CT molecular complexity index is 599. The Balaban J connectivity index is 4.47. The molecule has 180 valence electrons. The van der Waals surface area contributed by atoms with Gasteiger partial charge < -0.3 is 36.5 Å². The lowest BCUT2D eigenvalue weighted by Crippen LogP contribution is -2.55. The molecule has 0 aromatic rings. The second-order valence-corrected chi connectivity index (χ2v) is 8.32.